The summed E-state index contributed by atoms with van der Waals surface area (Å²) in [7, 11) is 0. The molecule has 0 spiro atoms. The Morgan fingerprint density at radius 2 is 2.24 bits per heavy atom. The minimum atomic E-state index is 0.168. The smallest absolute Gasteiger partial charge is 0.223 e. The lowest BCUT2D eigenvalue weighted by molar-refractivity contribution is -0.125. The fourth-order valence-corrected chi connectivity index (χ4v) is 2.77. The summed E-state index contributed by atoms with van der Waals surface area (Å²) in [4.78, 5) is 19.8. The number of carbonyl (C=O) groups excluding carboxylic acids is 1. The molecule has 0 aliphatic heterocycles. The number of aryl methyl sites for hydroxylation is 1. The van der Waals surface area contributed by atoms with Gasteiger partial charge in [0.05, 0.1) is 11.0 Å². The molecule has 4 heteroatoms. The fourth-order valence-electron chi connectivity index (χ4n) is 2.77. The highest BCUT2D eigenvalue weighted by atomic mass is 16.1. The van der Waals surface area contributed by atoms with Crippen LogP contribution in [0.25, 0.3) is 11.0 Å². The van der Waals surface area contributed by atoms with E-state index in [1.54, 1.807) is 0 Å². The molecule has 0 fully saturated rings. The predicted molar refractivity (Wildman–Crippen MR) is 83.9 cm³/mol. The van der Waals surface area contributed by atoms with E-state index in [0.717, 1.165) is 55.5 Å². The quantitative estimate of drug-likeness (QED) is 0.654. The highest BCUT2D eigenvalue weighted by Crippen LogP contribution is 2.18. The van der Waals surface area contributed by atoms with Gasteiger partial charge in [0.2, 0.25) is 5.91 Å². The van der Waals surface area contributed by atoms with Gasteiger partial charge in [0.1, 0.15) is 5.82 Å². The largest absolute Gasteiger partial charge is 0.356 e. The Balaban J connectivity index is 1.43. The van der Waals surface area contributed by atoms with Crippen LogP contribution in [0.5, 0.6) is 0 Å². The molecular formula is C17H21N3O. The number of allylic oxidation sites excluding steroid dienone is 2. The molecule has 1 aliphatic carbocycles. The van der Waals surface area contributed by atoms with Gasteiger partial charge < -0.3 is 10.3 Å². The molecule has 2 N–H and O–H groups in total. The number of carbonyl (C=O) groups is 1. The summed E-state index contributed by atoms with van der Waals surface area (Å²) in [6.45, 7) is 0.718. The zero-order chi connectivity index (χ0) is 14.5. The van der Waals surface area contributed by atoms with Gasteiger partial charge in [0.25, 0.3) is 0 Å². The van der Waals surface area contributed by atoms with Crippen LogP contribution in [0.15, 0.2) is 36.4 Å². The highest BCUT2D eigenvalue weighted by molar-refractivity contribution is 5.79. The molecule has 1 aliphatic rings. The van der Waals surface area contributed by atoms with Crippen molar-refractivity contribution < 1.29 is 4.79 Å². The number of aromatic nitrogens is 2. The Labute approximate surface area is 124 Å². The second kappa shape index (κ2) is 6.57. The van der Waals surface area contributed by atoms with Crippen LogP contribution in [0.3, 0.4) is 0 Å². The Morgan fingerprint density at radius 3 is 3.05 bits per heavy atom. The molecule has 3 rings (SSSR count). The van der Waals surface area contributed by atoms with Crippen molar-refractivity contribution in [1.82, 2.24) is 15.3 Å². The van der Waals surface area contributed by atoms with E-state index in [2.05, 4.69) is 27.4 Å². The van der Waals surface area contributed by atoms with Gasteiger partial charge >= 0.3 is 0 Å². The molecule has 110 valence electrons. The van der Waals surface area contributed by atoms with Crippen LogP contribution in [-0.4, -0.2) is 22.4 Å². The number of hydrogen-bond donors (Lipinski definition) is 2. The van der Waals surface area contributed by atoms with E-state index in [1.807, 2.05) is 24.3 Å². The zero-order valence-corrected chi connectivity index (χ0v) is 12.1. The number of benzene rings is 1. The zero-order valence-electron chi connectivity index (χ0n) is 12.1. The molecule has 0 unspecified atom stereocenters. The van der Waals surface area contributed by atoms with E-state index in [1.165, 1.54) is 0 Å². The summed E-state index contributed by atoms with van der Waals surface area (Å²) in [5, 5.41) is 3.04. The van der Waals surface area contributed by atoms with Gasteiger partial charge in [-0.15, -0.1) is 0 Å². The summed E-state index contributed by atoms with van der Waals surface area (Å²) in [6.07, 6.45) is 8.93. The molecule has 2 aromatic rings. The first kappa shape index (κ1) is 13.9. The van der Waals surface area contributed by atoms with Crippen LogP contribution in [-0.2, 0) is 11.2 Å². The maximum absolute atomic E-state index is 12.0. The molecular weight excluding hydrogens is 262 g/mol. The number of aromatic amines is 1. The lowest BCUT2D eigenvalue weighted by Gasteiger charge is -2.16. The molecule has 1 heterocycles. The van der Waals surface area contributed by atoms with Crippen molar-refractivity contribution in [3.05, 3.63) is 42.2 Å². The average Bonchev–Trinajstić information content (AvgIpc) is 2.95. The molecule has 0 bridgehead atoms. The van der Waals surface area contributed by atoms with Crippen molar-refractivity contribution >= 4 is 16.9 Å². The van der Waals surface area contributed by atoms with Crippen LogP contribution in [0.1, 0.15) is 31.5 Å². The average molecular weight is 283 g/mol. The van der Waals surface area contributed by atoms with E-state index in [0.29, 0.717) is 0 Å². The number of nitrogens with zero attached hydrogens (tertiary/aromatic N) is 1. The SMILES string of the molecule is O=C(NCCCc1nc2ccccc2[nH]1)[C@@H]1CC=CCC1. The normalized spacial score (nSPS) is 18.0. The Hall–Kier alpha value is -2.10. The van der Waals surface area contributed by atoms with Crippen LogP contribution in [0.4, 0.5) is 0 Å². The van der Waals surface area contributed by atoms with Gasteiger partial charge in [-0.3, -0.25) is 4.79 Å². The predicted octanol–water partition coefficient (Wildman–Crippen LogP) is 2.97. The molecule has 21 heavy (non-hydrogen) atoms. The van der Waals surface area contributed by atoms with Gasteiger partial charge in [0, 0.05) is 18.9 Å². The number of rotatable bonds is 5. The number of para-hydroxylation sites is 2. The second-order valence-electron chi connectivity index (χ2n) is 5.58. The van der Waals surface area contributed by atoms with Gasteiger partial charge in [-0.25, -0.2) is 4.98 Å². The summed E-state index contributed by atoms with van der Waals surface area (Å²) in [6, 6.07) is 8.03. The summed E-state index contributed by atoms with van der Waals surface area (Å²) in [5.41, 5.74) is 2.08. The van der Waals surface area contributed by atoms with Crippen molar-refractivity contribution in [3.63, 3.8) is 0 Å². The van der Waals surface area contributed by atoms with Gasteiger partial charge in [-0.2, -0.15) is 0 Å². The van der Waals surface area contributed by atoms with E-state index in [4.69, 9.17) is 0 Å². The van der Waals surface area contributed by atoms with Gasteiger partial charge in [0.15, 0.2) is 0 Å². The Bertz CT molecular complexity index is 611. The first-order chi connectivity index (χ1) is 10.3. The molecule has 1 aromatic heterocycles. The van der Waals surface area contributed by atoms with Crippen molar-refractivity contribution in [2.75, 3.05) is 6.54 Å². The lowest BCUT2D eigenvalue weighted by Crippen LogP contribution is -2.32. The summed E-state index contributed by atoms with van der Waals surface area (Å²) < 4.78 is 0. The number of H-pyrrole nitrogens is 1. The molecule has 1 atom stereocenters. The van der Waals surface area contributed by atoms with Crippen molar-refractivity contribution in [1.29, 1.82) is 0 Å². The van der Waals surface area contributed by atoms with Gasteiger partial charge in [-0.1, -0.05) is 24.3 Å². The number of fused-ring (bicyclic) bond motifs is 1. The fraction of sp³-hybridized carbons (Fsp3) is 0.412. The number of nitrogens with one attached hydrogen (secondary N) is 2. The topological polar surface area (TPSA) is 57.8 Å². The molecule has 1 aromatic carbocycles. The Morgan fingerprint density at radius 1 is 1.33 bits per heavy atom. The van der Waals surface area contributed by atoms with Gasteiger partial charge in [-0.05, 0) is 37.8 Å². The van der Waals surface area contributed by atoms with Crippen molar-refractivity contribution in [2.45, 2.75) is 32.1 Å². The molecule has 0 saturated heterocycles. The third-order valence-electron chi connectivity index (χ3n) is 3.97. The molecule has 0 radical (unpaired) electrons. The van der Waals surface area contributed by atoms with Crippen LogP contribution >= 0.6 is 0 Å². The number of amides is 1. The van der Waals surface area contributed by atoms with E-state index >= 15 is 0 Å². The number of hydrogen-bond acceptors (Lipinski definition) is 2. The first-order valence-corrected chi connectivity index (χ1v) is 7.69. The second-order valence-corrected chi connectivity index (χ2v) is 5.58. The van der Waals surface area contributed by atoms with E-state index in [9.17, 15) is 4.79 Å². The van der Waals surface area contributed by atoms with Crippen LogP contribution in [0, 0.1) is 5.92 Å². The van der Waals surface area contributed by atoms with Crippen LogP contribution in [0.2, 0.25) is 0 Å². The van der Waals surface area contributed by atoms with Crippen LogP contribution < -0.4 is 5.32 Å². The summed E-state index contributed by atoms with van der Waals surface area (Å²) in [5.74, 6) is 1.36. The maximum atomic E-state index is 12.0. The van der Waals surface area contributed by atoms with Crippen molar-refractivity contribution in [2.24, 2.45) is 5.92 Å². The third kappa shape index (κ3) is 3.51. The lowest BCUT2D eigenvalue weighted by atomic mass is 9.94. The molecule has 1 amide bonds. The minimum absolute atomic E-state index is 0.168. The van der Waals surface area contributed by atoms with E-state index in [-0.39, 0.29) is 11.8 Å². The first-order valence-electron chi connectivity index (χ1n) is 7.69. The third-order valence-corrected chi connectivity index (χ3v) is 3.97. The molecule has 4 nitrogen and oxygen atoms in total. The minimum Gasteiger partial charge on any atom is -0.356 e. The highest BCUT2D eigenvalue weighted by Gasteiger charge is 2.17. The van der Waals surface area contributed by atoms with E-state index < -0.39 is 0 Å². The maximum Gasteiger partial charge on any atom is 0.223 e. The summed E-state index contributed by atoms with van der Waals surface area (Å²) >= 11 is 0. The monoisotopic (exact) mass is 283 g/mol. The Kier molecular flexibility index (Phi) is 4.34. The standard InChI is InChI=1S/C17H21N3O/c21-17(13-7-2-1-3-8-13)18-12-6-11-16-19-14-9-4-5-10-15(14)20-16/h1-2,4-5,9-10,13H,3,6-8,11-12H2,(H,18,21)(H,19,20)/t13-/m1/s1. The number of imidazole rings is 1. The van der Waals surface area contributed by atoms with Crippen molar-refractivity contribution in [3.8, 4) is 0 Å². The molecule has 0 saturated carbocycles.